The van der Waals surface area contributed by atoms with Gasteiger partial charge >= 0.3 is 5.97 Å². The standard InChI is InChI=1S/C13H10Cl2N2O2/c1-7-3-2-4-9(14)11(7)17-12-8(13(18)19)5-6-10(15)16-12/h2-6H,1H3,(H,16,17)(H,18,19). The fraction of sp³-hybridized carbons (Fsp3) is 0.0769. The van der Waals surface area contributed by atoms with Crippen molar-refractivity contribution in [2.75, 3.05) is 5.32 Å². The number of para-hydroxylation sites is 1. The first-order valence-electron chi connectivity index (χ1n) is 5.41. The van der Waals surface area contributed by atoms with E-state index >= 15 is 0 Å². The number of hydrogen-bond acceptors (Lipinski definition) is 3. The second-order valence-electron chi connectivity index (χ2n) is 3.89. The summed E-state index contributed by atoms with van der Waals surface area (Å²) in [6, 6.07) is 8.20. The van der Waals surface area contributed by atoms with Crippen molar-refractivity contribution >= 4 is 40.7 Å². The Kier molecular flexibility index (Phi) is 3.93. The van der Waals surface area contributed by atoms with E-state index in [1.54, 1.807) is 6.07 Å². The number of aromatic nitrogens is 1. The van der Waals surface area contributed by atoms with Crippen molar-refractivity contribution in [2.24, 2.45) is 0 Å². The molecule has 0 aliphatic rings. The van der Waals surface area contributed by atoms with Crippen LogP contribution in [0, 0.1) is 6.92 Å². The fourth-order valence-corrected chi connectivity index (χ4v) is 2.03. The Balaban J connectivity index is 2.49. The zero-order chi connectivity index (χ0) is 14.0. The van der Waals surface area contributed by atoms with Crippen molar-refractivity contribution in [3.8, 4) is 0 Å². The van der Waals surface area contributed by atoms with Gasteiger partial charge in [-0.3, -0.25) is 0 Å². The molecule has 0 saturated heterocycles. The average molecular weight is 297 g/mol. The number of nitrogens with one attached hydrogen (secondary N) is 1. The highest BCUT2D eigenvalue weighted by Crippen LogP contribution is 2.29. The van der Waals surface area contributed by atoms with Crippen molar-refractivity contribution in [1.29, 1.82) is 0 Å². The molecule has 0 bridgehead atoms. The maximum atomic E-state index is 11.1. The zero-order valence-corrected chi connectivity index (χ0v) is 11.5. The maximum absolute atomic E-state index is 11.1. The minimum Gasteiger partial charge on any atom is -0.478 e. The van der Waals surface area contributed by atoms with Crippen LogP contribution in [0.1, 0.15) is 15.9 Å². The van der Waals surface area contributed by atoms with Crippen molar-refractivity contribution < 1.29 is 9.90 Å². The van der Waals surface area contributed by atoms with Crippen LogP contribution in [0.4, 0.5) is 11.5 Å². The van der Waals surface area contributed by atoms with E-state index in [0.29, 0.717) is 10.7 Å². The summed E-state index contributed by atoms with van der Waals surface area (Å²) < 4.78 is 0. The first kappa shape index (κ1) is 13.6. The van der Waals surface area contributed by atoms with E-state index < -0.39 is 5.97 Å². The van der Waals surface area contributed by atoms with Crippen LogP contribution in [-0.4, -0.2) is 16.1 Å². The normalized spacial score (nSPS) is 10.3. The van der Waals surface area contributed by atoms with Gasteiger partial charge in [-0.05, 0) is 30.7 Å². The Labute approximate surface area is 120 Å². The molecule has 2 aromatic rings. The van der Waals surface area contributed by atoms with E-state index in [1.165, 1.54) is 12.1 Å². The Morgan fingerprint density at radius 1 is 1.26 bits per heavy atom. The van der Waals surface area contributed by atoms with Gasteiger partial charge in [0.05, 0.1) is 10.7 Å². The summed E-state index contributed by atoms with van der Waals surface area (Å²) in [5, 5.41) is 12.7. The number of halogens is 2. The van der Waals surface area contributed by atoms with Crippen LogP contribution < -0.4 is 5.32 Å². The van der Waals surface area contributed by atoms with Crippen LogP contribution in [0.3, 0.4) is 0 Å². The van der Waals surface area contributed by atoms with Crippen LogP contribution in [0.25, 0.3) is 0 Å². The highest BCUT2D eigenvalue weighted by atomic mass is 35.5. The Hall–Kier alpha value is -1.78. The summed E-state index contributed by atoms with van der Waals surface area (Å²) in [6.45, 7) is 1.86. The monoisotopic (exact) mass is 296 g/mol. The maximum Gasteiger partial charge on any atom is 0.339 e. The van der Waals surface area contributed by atoms with Gasteiger partial charge in [0.1, 0.15) is 16.5 Å². The Morgan fingerprint density at radius 2 is 2.00 bits per heavy atom. The Bertz CT molecular complexity index is 624. The molecule has 0 aliphatic heterocycles. The molecule has 2 N–H and O–H groups in total. The molecule has 98 valence electrons. The summed E-state index contributed by atoms with van der Waals surface area (Å²) >= 11 is 11.9. The number of anilines is 2. The van der Waals surface area contributed by atoms with E-state index in [4.69, 9.17) is 28.3 Å². The molecule has 0 spiro atoms. The molecule has 1 aromatic heterocycles. The SMILES string of the molecule is Cc1cccc(Cl)c1Nc1nc(Cl)ccc1C(=O)O. The van der Waals surface area contributed by atoms with Crippen LogP contribution in [0.2, 0.25) is 10.2 Å². The van der Waals surface area contributed by atoms with Crippen molar-refractivity contribution in [3.63, 3.8) is 0 Å². The second kappa shape index (κ2) is 5.47. The van der Waals surface area contributed by atoms with Crippen LogP contribution in [0.5, 0.6) is 0 Å². The summed E-state index contributed by atoms with van der Waals surface area (Å²) in [7, 11) is 0. The van der Waals surface area contributed by atoms with Gasteiger partial charge in [0.25, 0.3) is 0 Å². The second-order valence-corrected chi connectivity index (χ2v) is 4.69. The van der Waals surface area contributed by atoms with Gasteiger partial charge in [-0.1, -0.05) is 35.3 Å². The number of hydrogen-bond donors (Lipinski definition) is 2. The fourth-order valence-electron chi connectivity index (χ4n) is 1.61. The van der Waals surface area contributed by atoms with Crippen LogP contribution >= 0.6 is 23.2 Å². The lowest BCUT2D eigenvalue weighted by molar-refractivity contribution is 0.0697. The van der Waals surface area contributed by atoms with E-state index in [-0.39, 0.29) is 16.5 Å². The van der Waals surface area contributed by atoms with Crippen molar-refractivity contribution in [3.05, 3.63) is 51.6 Å². The number of carbonyl (C=O) groups is 1. The highest BCUT2D eigenvalue weighted by molar-refractivity contribution is 6.33. The quantitative estimate of drug-likeness (QED) is 0.836. The summed E-state index contributed by atoms with van der Waals surface area (Å²) in [4.78, 5) is 15.1. The van der Waals surface area contributed by atoms with Crippen molar-refractivity contribution in [2.45, 2.75) is 6.92 Å². The number of rotatable bonds is 3. The molecule has 0 amide bonds. The number of aryl methyl sites for hydroxylation is 1. The highest BCUT2D eigenvalue weighted by Gasteiger charge is 2.14. The van der Waals surface area contributed by atoms with E-state index in [0.717, 1.165) is 5.56 Å². The van der Waals surface area contributed by atoms with E-state index in [9.17, 15) is 4.79 Å². The zero-order valence-electron chi connectivity index (χ0n) is 9.95. The average Bonchev–Trinajstić information content (AvgIpc) is 2.33. The van der Waals surface area contributed by atoms with Gasteiger partial charge in [-0.15, -0.1) is 0 Å². The molecule has 6 heteroatoms. The predicted molar refractivity (Wildman–Crippen MR) is 75.7 cm³/mol. The Morgan fingerprint density at radius 3 is 2.63 bits per heavy atom. The molecule has 0 fully saturated rings. The number of benzene rings is 1. The number of nitrogens with zero attached hydrogens (tertiary/aromatic N) is 1. The third-order valence-electron chi connectivity index (χ3n) is 2.56. The molecule has 1 heterocycles. The summed E-state index contributed by atoms with van der Waals surface area (Å²) in [5.74, 6) is -0.924. The van der Waals surface area contributed by atoms with Gasteiger partial charge in [-0.2, -0.15) is 0 Å². The third-order valence-corrected chi connectivity index (χ3v) is 3.08. The van der Waals surface area contributed by atoms with Gasteiger partial charge in [0, 0.05) is 0 Å². The molecule has 19 heavy (non-hydrogen) atoms. The van der Waals surface area contributed by atoms with Crippen LogP contribution in [-0.2, 0) is 0 Å². The predicted octanol–water partition coefficient (Wildman–Crippen LogP) is 4.14. The molecule has 0 unspecified atom stereocenters. The van der Waals surface area contributed by atoms with Crippen molar-refractivity contribution in [1.82, 2.24) is 4.98 Å². The first-order valence-corrected chi connectivity index (χ1v) is 6.16. The molecule has 1 aromatic carbocycles. The largest absolute Gasteiger partial charge is 0.478 e. The number of carboxylic acid groups (broad SMARTS) is 1. The number of carboxylic acids is 1. The molecule has 2 rings (SSSR count). The molecule has 0 saturated carbocycles. The number of pyridine rings is 1. The third kappa shape index (κ3) is 2.97. The minimum absolute atomic E-state index is 0.0312. The molecule has 4 nitrogen and oxygen atoms in total. The van der Waals surface area contributed by atoms with E-state index in [2.05, 4.69) is 10.3 Å². The molecular weight excluding hydrogens is 287 g/mol. The molecule has 0 atom stereocenters. The van der Waals surface area contributed by atoms with Gasteiger partial charge in [0.15, 0.2) is 0 Å². The topological polar surface area (TPSA) is 62.2 Å². The smallest absolute Gasteiger partial charge is 0.339 e. The minimum atomic E-state index is -1.09. The van der Waals surface area contributed by atoms with E-state index in [1.807, 2.05) is 19.1 Å². The lowest BCUT2D eigenvalue weighted by Crippen LogP contribution is -2.06. The van der Waals surface area contributed by atoms with Gasteiger partial charge in [-0.25, -0.2) is 9.78 Å². The molecule has 0 aliphatic carbocycles. The molecule has 0 radical (unpaired) electrons. The van der Waals surface area contributed by atoms with Gasteiger partial charge in [0.2, 0.25) is 0 Å². The number of aromatic carboxylic acids is 1. The molecular formula is C13H10Cl2N2O2. The lowest BCUT2D eigenvalue weighted by Gasteiger charge is -2.12. The first-order chi connectivity index (χ1) is 8.99. The summed E-state index contributed by atoms with van der Waals surface area (Å²) in [6.07, 6.45) is 0. The van der Waals surface area contributed by atoms with Crippen LogP contribution in [0.15, 0.2) is 30.3 Å². The summed E-state index contributed by atoms with van der Waals surface area (Å²) in [5.41, 5.74) is 1.52. The lowest BCUT2D eigenvalue weighted by atomic mass is 10.2. The van der Waals surface area contributed by atoms with Gasteiger partial charge < -0.3 is 10.4 Å².